The van der Waals surface area contributed by atoms with Gasteiger partial charge in [0.2, 0.25) is 0 Å². The van der Waals surface area contributed by atoms with Crippen LogP contribution in [0.2, 0.25) is 0 Å². The highest BCUT2D eigenvalue weighted by atomic mass is 16.5. The number of rotatable bonds is 3. The molecule has 0 aliphatic rings. The summed E-state index contributed by atoms with van der Waals surface area (Å²) in [4.78, 5) is 0. The predicted octanol–water partition coefficient (Wildman–Crippen LogP) is 1.01. The second-order valence-corrected chi connectivity index (χ2v) is 3.01. The summed E-state index contributed by atoms with van der Waals surface area (Å²) < 4.78 is 10.3. The molecule has 0 radical (unpaired) electrons. The van der Waals surface area contributed by atoms with Gasteiger partial charge < -0.3 is 15.2 Å². The van der Waals surface area contributed by atoms with E-state index in [1.165, 1.54) is 0 Å². The van der Waals surface area contributed by atoms with Crippen LogP contribution in [0.4, 0.5) is 0 Å². The van der Waals surface area contributed by atoms with Gasteiger partial charge in [-0.1, -0.05) is 0 Å². The summed E-state index contributed by atoms with van der Waals surface area (Å²) in [6, 6.07) is 5.93. The Kier molecular flexibility index (Phi) is 3.14. The molecule has 13 heavy (non-hydrogen) atoms. The standard InChI is InChI=1S/C10H15NO2/c1-7(11)9-6-8(12-2)4-5-10(9)13-3/h4-7H,11H2,1-3H3/p+1. The first kappa shape index (κ1) is 9.86. The van der Waals surface area contributed by atoms with Crippen molar-refractivity contribution in [1.29, 1.82) is 0 Å². The first-order valence-corrected chi connectivity index (χ1v) is 4.24. The minimum absolute atomic E-state index is 0.199. The second-order valence-electron chi connectivity index (χ2n) is 3.01. The van der Waals surface area contributed by atoms with Crippen molar-refractivity contribution in [2.45, 2.75) is 13.0 Å². The summed E-state index contributed by atoms with van der Waals surface area (Å²) in [5.41, 5.74) is 5.03. The van der Waals surface area contributed by atoms with Gasteiger partial charge in [0.1, 0.15) is 17.5 Å². The summed E-state index contributed by atoms with van der Waals surface area (Å²) >= 11 is 0. The fraction of sp³-hybridized carbons (Fsp3) is 0.400. The van der Waals surface area contributed by atoms with E-state index in [0.717, 1.165) is 17.1 Å². The number of quaternary nitrogens is 1. The molecule has 0 aromatic heterocycles. The number of ether oxygens (including phenoxy) is 2. The molecule has 1 rings (SSSR count). The Bertz CT molecular complexity index is 284. The van der Waals surface area contributed by atoms with Gasteiger partial charge in [0, 0.05) is 0 Å². The smallest absolute Gasteiger partial charge is 0.128 e. The molecular formula is C10H16NO2+. The number of methoxy groups -OCH3 is 2. The van der Waals surface area contributed by atoms with Crippen molar-refractivity contribution in [3.63, 3.8) is 0 Å². The van der Waals surface area contributed by atoms with E-state index in [-0.39, 0.29) is 6.04 Å². The Labute approximate surface area is 78.5 Å². The predicted molar refractivity (Wildman–Crippen MR) is 50.8 cm³/mol. The Morgan fingerprint density at radius 2 is 1.92 bits per heavy atom. The van der Waals surface area contributed by atoms with Gasteiger partial charge in [-0.2, -0.15) is 0 Å². The molecular weight excluding hydrogens is 166 g/mol. The van der Waals surface area contributed by atoms with E-state index in [1.807, 2.05) is 25.1 Å². The summed E-state index contributed by atoms with van der Waals surface area (Å²) in [7, 11) is 3.31. The topological polar surface area (TPSA) is 46.1 Å². The zero-order chi connectivity index (χ0) is 9.84. The molecule has 3 heteroatoms. The average Bonchev–Trinajstić information content (AvgIpc) is 2.16. The van der Waals surface area contributed by atoms with E-state index in [1.54, 1.807) is 14.2 Å². The van der Waals surface area contributed by atoms with Gasteiger partial charge in [-0.05, 0) is 25.1 Å². The van der Waals surface area contributed by atoms with Crippen molar-refractivity contribution >= 4 is 0 Å². The van der Waals surface area contributed by atoms with Crippen molar-refractivity contribution in [2.24, 2.45) is 0 Å². The molecule has 3 N–H and O–H groups in total. The number of hydrogen-bond donors (Lipinski definition) is 1. The first-order chi connectivity index (χ1) is 6.19. The molecule has 0 saturated carbocycles. The van der Waals surface area contributed by atoms with Gasteiger partial charge >= 0.3 is 0 Å². The molecule has 1 aromatic rings. The normalized spacial score (nSPS) is 12.3. The Hall–Kier alpha value is -1.22. The molecule has 0 aliphatic heterocycles. The van der Waals surface area contributed by atoms with Crippen LogP contribution >= 0.6 is 0 Å². The highest BCUT2D eigenvalue weighted by Gasteiger charge is 2.10. The van der Waals surface area contributed by atoms with Gasteiger partial charge in [-0.15, -0.1) is 0 Å². The Balaban J connectivity index is 3.10. The molecule has 0 spiro atoms. The molecule has 72 valence electrons. The van der Waals surface area contributed by atoms with Crippen LogP contribution in [0, 0.1) is 0 Å². The average molecular weight is 182 g/mol. The van der Waals surface area contributed by atoms with Crippen molar-refractivity contribution in [2.75, 3.05) is 14.2 Å². The van der Waals surface area contributed by atoms with Crippen LogP contribution in [0.5, 0.6) is 11.5 Å². The molecule has 0 saturated heterocycles. The molecule has 0 bridgehead atoms. The molecule has 3 nitrogen and oxygen atoms in total. The monoisotopic (exact) mass is 182 g/mol. The van der Waals surface area contributed by atoms with E-state index in [2.05, 4.69) is 5.73 Å². The highest BCUT2D eigenvalue weighted by molar-refractivity contribution is 5.41. The van der Waals surface area contributed by atoms with Crippen LogP contribution in [-0.2, 0) is 0 Å². The van der Waals surface area contributed by atoms with E-state index in [0.29, 0.717) is 0 Å². The van der Waals surface area contributed by atoms with Gasteiger partial charge in [0.05, 0.1) is 19.8 Å². The molecule has 0 fully saturated rings. The van der Waals surface area contributed by atoms with Crippen LogP contribution in [0.25, 0.3) is 0 Å². The largest absolute Gasteiger partial charge is 0.497 e. The summed E-state index contributed by atoms with van der Waals surface area (Å²) in [5.74, 6) is 1.70. The van der Waals surface area contributed by atoms with Crippen LogP contribution < -0.4 is 15.2 Å². The summed E-state index contributed by atoms with van der Waals surface area (Å²) in [6.07, 6.45) is 0. The molecule has 0 amide bonds. The fourth-order valence-corrected chi connectivity index (χ4v) is 1.22. The zero-order valence-electron chi connectivity index (χ0n) is 8.33. The third-order valence-corrected chi connectivity index (χ3v) is 1.97. The minimum Gasteiger partial charge on any atom is -0.497 e. The van der Waals surface area contributed by atoms with E-state index < -0.39 is 0 Å². The lowest BCUT2D eigenvalue weighted by Crippen LogP contribution is -2.51. The molecule has 0 heterocycles. The van der Waals surface area contributed by atoms with Gasteiger partial charge in [0.15, 0.2) is 0 Å². The zero-order valence-corrected chi connectivity index (χ0v) is 8.33. The maximum absolute atomic E-state index is 5.21. The van der Waals surface area contributed by atoms with E-state index in [4.69, 9.17) is 9.47 Å². The quantitative estimate of drug-likeness (QED) is 0.758. The number of hydrogen-bond acceptors (Lipinski definition) is 2. The number of benzene rings is 1. The highest BCUT2D eigenvalue weighted by Crippen LogP contribution is 2.26. The van der Waals surface area contributed by atoms with E-state index >= 15 is 0 Å². The second kappa shape index (κ2) is 4.14. The van der Waals surface area contributed by atoms with Gasteiger partial charge in [-0.25, -0.2) is 0 Å². The van der Waals surface area contributed by atoms with E-state index in [9.17, 15) is 0 Å². The van der Waals surface area contributed by atoms with Crippen LogP contribution in [0.3, 0.4) is 0 Å². The summed E-state index contributed by atoms with van der Waals surface area (Å²) in [5, 5.41) is 0. The maximum Gasteiger partial charge on any atom is 0.128 e. The maximum atomic E-state index is 5.21. The van der Waals surface area contributed by atoms with Crippen molar-refractivity contribution in [1.82, 2.24) is 0 Å². The lowest BCUT2D eigenvalue weighted by atomic mass is 10.1. The third kappa shape index (κ3) is 2.12. The van der Waals surface area contributed by atoms with Crippen LogP contribution in [0.15, 0.2) is 18.2 Å². The van der Waals surface area contributed by atoms with Gasteiger partial charge in [-0.3, -0.25) is 0 Å². The Morgan fingerprint density at radius 1 is 1.23 bits per heavy atom. The molecule has 0 aliphatic carbocycles. The molecule has 1 unspecified atom stereocenters. The molecule has 1 aromatic carbocycles. The van der Waals surface area contributed by atoms with Crippen molar-refractivity contribution in [3.8, 4) is 11.5 Å². The third-order valence-electron chi connectivity index (χ3n) is 1.97. The minimum atomic E-state index is 0.199. The first-order valence-electron chi connectivity index (χ1n) is 4.24. The Morgan fingerprint density at radius 3 is 2.38 bits per heavy atom. The molecule has 1 atom stereocenters. The van der Waals surface area contributed by atoms with Gasteiger partial charge in [0.25, 0.3) is 0 Å². The van der Waals surface area contributed by atoms with Crippen molar-refractivity contribution < 1.29 is 15.2 Å². The van der Waals surface area contributed by atoms with Crippen LogP contribution in [0.1, 0.15) is 18.5 Å². The van der Waals surface area contributed by atoms with Crippen LogP contribution in [-0.4, -0.2) is 14.2 Å². The summed E-state index contributed by atoms with van der Waals surface area (Å²) in [6.45, 7) is 2.03. The SMILES string of the molecule is COc1ccc(OC)c(C(C)[NH3+])c1. The van der Waals surface area contributed by atoms with Crippen molar-refractivity contribution in [3.05, 3.63) is 23.8 Å². The lowest BCUT2D eigenvalue weighted by molar-refractivity contribution is -0.420. The lowest BCUT2D eigenvalue weighted by Gasteiger charge is -2.10. The fourth-order valence-electron chi connectivity index (χ4n) is 1.22.